The van der Waals surface area contributed by atoms with Crippen molar-refractivity contribution in [3.05, 3.63) is 10.9 Å². The van der Waals surface area contributed by atoms with Gasteiger partial charge in [0, 0.05) is 6.07 Å². The molecule has 0 spiro atoms. The predicted octanol–water partition coefficient (Wildman–Crippen LogP) is 2.53. The third-order valence-corrected chi connectivity index (χ3v) is 2.19. The molecule has 0 aliphatic heterocycles. The van der Waals surface area contributed by atoms with Crippen molar-refractivity contribution in [1.29, 1.82) is 0 Å². The normalized spacial score (nSPS) is 11.4. The second-order valence-corrected chi connectivity index (χ2v) is 3.16. The van der Waals surface area contributed by atoms with Gasteiger partial charge in [-0.15, -0.1) is 0 Å². The Morgan fingerprint density at radius 2 is 2.07 bits per heavy atom. The highest BCUT2D eigenvalue weighted by molar-refractivity contribution is 7.14. The van der Waals surface area contributed by atoms with Crippen molar-refractivity contribution in [3.63, 3.8) is 0 Å². The van der Waals surface area contributed by atoms with Gasteiger partial charge in [0.2, 0.25) is 5.06 Å². The first kappa shape index (κ1) is 10.6. The van der Waals surface area contributed by atoms with Crippen LogP contribution in [0.2, 0.25) is 0 Å². The summed E-state index contributed by atoms with van der Waals surface area (Å²) in [6.45, 7) is 0. The molecule has 8 heteroatoms. The van der Waals surface area contributed by atoms with E-state index in [1.165, 1.54) is 0 Å². The van der Waals surface area contributed by atoms with Gasteiger partial charge in [-0.2, -0.15) is 13.2 Å². The molecule has 0 saturated carbocycles. The quantitative estimate of drug-likeness (QED) is 0.725. The van der Waals surface area contributed by atoms with E-state index in [0.29, 0.717) is 6.07 Å². The van der Waals surface area contributed by atoms with Crippen molar-refractivity contribution in [2.75, 3.05) is 0 Å². The van der Waals surface area contributed by atoms with Gasteiger partial charge >= 0.3 is 12.3 Å². The number of hydrogen-bond acceptors (Lipinski definition) is 4. The number of aromatic hydroxyl groups is 1. The van der Waals surface area contributed by atoms with Crippen LogP contribution in [0.25, 0.3) is 0 Å². The third-order valence-electron chi connectivity index (χ3n) is 1.14. The van der Waals surface area contributed by atoms with Crippen LogP contribution >= 0.6 is 11.3 Å². The highest BCUT2D eigenvalue weighted by Crippen LogP contribution is 2.43. The average molecular weight is 228 g/mol. The van der Waals surface area contributed by atoms with Crippen LogP contribution in [-0.4, -0.2) is 16.4 Å². The van der Waals surface area contributed by atoms with Gasteiger partial charge < -0.3 is 14.9 Å². The Morgan fingerprint density at radius 3 is 2.43 bits per heavy atom. The Kier molecular flexibility index (Phi) is 2.56. The second-order valence-electron chi connectivity index (χ2n) is 2.15. The fourth-order valence-corrected chi connectivity index (χ4v) is 1.42. The predicted molar refractivity (Wildman–Crippen MR) is 39.6 cm³/mol. The summed E-state index contributed by atoms with van der Waals surface area (Å²) >= 11 is 0.0167. The Bertz CT molecular complexity index is 356. The van der Waals surface area contributed by atoms with Gasteiger partial charge in [-0.05, 0) is 0 Å². The molecule has 0 fully saturated rings. The Morgan fingerprint density at radius 1 is 1.50 bits per heavy atom. The summed E-state index contributed by atoms with van der Waals surface area (Å²) < 4.78 is 40.0. The number of alkyl halides is 3. The molecular weight excluding hydrogens is 225 g/mol. The molecule has 1 rings (SSSR count). The lowest BCUT2D eigenvalue weighted by molar-refractivity contribution is -0.134. The van der Waals surface area contributed by atoms with E-state index >= 15 is 0 Å². The van der Waals surface area contributed by atoms with Crippen molar-refractivity contribution in [2.45, 2.75) is 6.18 Å². The second kappa shape index (κ2) is 3.37. The number of ether oxygens (including phenoxy) is 1. The number of carboxylic acid groups (broad SMARTS) is 1. The Balaban J connectivity index is 2.99. The van der Waals surface area contributed by atoms with Crippen LogP contribution in [0.3, 0.4) is 0 Å². The summed E-state index contributed by atoms with van der Waals surface area (Å²) in [6, 6.07) is 0.406. The molecule has 0 aliphatic carbocycles. The fourth-order valence-electron chi connectivity index (χ4n) is 0.657. The molecule has 1 aromatic rings. The Labute approximate surface area is 79.2 Å². The van der Waals surface area contributed by atoms with Gasteiger partial charge in [-0.3, -0.25) is 0 Å². The summed E-state index contributed by atoms with van der Waals surface area (Å²) in [5.74, 6) is -0.843. The molecule has 4 nitrogen and oxygen atoms in total. The molecule has 0 radical (unpaired) electrons. The summed E-state index contributed by atoms with van der Waals surface area (Å²) in [5.41, 5.74) is 0. The van der Waals surface area contributed by atoms with Crippen LogP contribution in [0.5, 0.6) is 10.8 Å². The van der Waals surface area contributed by atoms with E-state index in [1.54, 1.807) is 0 Å². The zero-order chi connectivity index (χ0) is 10.9. The van der Waals surface area contributed by atoms with Crippen molar-refractivity contribution < 1.29 is 32.9 Å². The van der Waals surface area contributed by atoms with E-state index < -0.39 is 28.0 Å². The van der Waals surface area contributed by atoms with Gasteiger partial charge in [0.15, 0.2) is 5.75 Å². The molecule has 0 unspecified atom stereocenters. The molecule has 2 N–H and O–H groups in total. The van der Waals surface area contributed by atoms with Crippen molar-refractivity contribution >= 4 is 17.5 Å². The number of carbonyl (C=O) groups is 1. The molecule has 0 amide bonds. The van der Waals surface area contributed by atoms with Gasteiger partial charge in [-0.1, -0.05) is 11.3 Å². The maximum Gasteiger partial charge on any atom is 0.512 e. The lowest BCUT2D eigenvalue weighted by Gasteiger charge is -1.99. The molecule has 0 saturated heterocycles. The Hall–Kier alpha value is -1.44. The summed E-state index contributed by atoms with van der Waals surface area (Å²) in [6.07, 6.45) is -6.40. The lowest BCUT2D eigenvalue weighted by Crippen LogP contribution is -2.02. The van der Waals surface area contributed by atoms with E-state index in [0.717, 1.165) is 0 Å². The first-order valence-corrected chi connectivity index (χ1v) is 3.93. The zero-order valence-corrected chi connectivity index (χ0v) is 7.15. The highest BCUT2D eigenvalue weighted by Gasteiger charge is 2.34. The molecule has 1 heterocycles. The summed E-state index contributed by atoms with van der Waals surface area (Å²) in [4.78, 5) is 8.85. The fraction of sp³-hybridized carbons (Fsp3) is 0.167. The van der Waals surface area contributed by atoms with Crippen LogP contribution in [0.1, 0.15) is 4.88 Å². The summed E-state index contributed by atoms with van der Waals surface area (Å²) in [5, 5.41) is 16.3. The van der Waals surface area contributed by atoms with Crippen molar-refractivity contribution in [1.82, 2.24) is 0 Å². The van der Waals surface area contributed by atoms with E-state index in [1.807, 2.05) is 0 Å². The number of thiophene rings is 1. The van der Waals surface area contributed by atoms with Gasteiger partial charge in [0.1, 0.15) is 4.88 Å². The lowest BCUT2D eigenvalue weighted by atomic mass is 10.4. The third kappa shape index (κ3) is 2.28. The molecule has 0 aromatic carbocycles. The zero-order valence-electron chi connectivity index (χ0n) is 6.33. The standard InChI is InChI=1S/C6H3F3O4S/c7-6(8,9)3-1-2(10)4(14-3)13-5(11)12/h1,10H,(H,11,12). The maximum absolute atomic E-state index is 12.0. The molecule has 0 bridgehead atoms. The van der Waals surface area contributed by atoms with Gasteiger partial charge in [0.05, 0.1) is 0 Å². The topological polar surface area (TPSA) is 66.8 Å². The first-order chi connectivity index (χ1) is 6.30. The van der Waals surface area contributed by atoms with E-state index in [9.17, 15) is 18.0 Å². The molecule has 78 valence electrons. The molecule has 1 aromatic heterocycles. The monoisotopic (exact) mass is 228 g/mol. The largest absolute Gasteiger partial charge is 0.512 e. The number of halogens is 3. The summed E-state index contributed by atoms with van der Waals surface area (Å²) in [7, 11) is 0. The van der Waals surface area contributed by atoms with E-state index in [2.05, 4.69) is 4.74 Å². The van der Waals surface area contributed by atoms with Gasteiger partial charge in [-0.25, -0.2) is 4.79 Å². The first-order valence-electron chi connectivity index (χ1n) is 3.11. The number of rotatable bonds is 1. The van der Waals surface area contributed by atoms with Crippen LogP contribution in [0, 0.1) is 0 Å². The highest BCUT2D eigenvalue weighted by atomic mass is 32.1. The molecule has 0 atom stereocenters. The van der Waals surface area contributed by atoms with Crippen LogP contribution < -0.4 is 4.74 Å². The molecular formula is C6H3F3O4S. The van der Waals surface area contributed by atoms with Crippen LogP contribution in [0.15, 0.2) is 6.07 Å². The van der Waals surface area contributed by atoms with Crippen LogP contribution in [0.4, 0.5) is 18.0 Å². The van der Waals surface area contributed by atoms with E-state index in [-0.39, 0.29) is 11.3 Å². The van der Waals surface area contributed by atoms with Crippen molar-refractivity contribution in [2.24, 2.45) is 0 Å². The minimum atomic E-state index is -4.62. The molecule has 14 heavy (non-hydrogen) atoms. The van der Waals surface area contributed by atoms with Gasteiger partial charge in [0.25, 0.3) is 0 Å². The van der Waals surface area contributed by atoms with E-state index in [4.69, 9.17) is 10.2 Å². The van der Waals surface area contributed by atoms with Crippen molar-refractivity contribution in [3.8, 4) is 10.8 Å². The average Bonchev–Trinajstić information content (AvgIpc) is 2.30. The number of hydrogen-bond donors (Lipinski definition) is 2. The SMILES string of the molecule is O=C(O)Oc1sc(C(F)(F)F)cc1O. The maximum atomic E-state index is 12.0. The minimum absolute atomic E-state index is 0.0167. The van der Waals surface area contributed by atoms with Crippen LogP contribution in [-0.2, 0) is 6.18 Å². The molecule has 0 aliphatic rings. The smallest absolute Gasteiger partial charge is 0.504 e. The minimum Gasteiger partial charge on any atom is -0.504 e.